The lowest BCUT2D eigenvalue weighted by Gasteiger charge is -2.24. The van der Waals surface area contributed by atoms with Crippen LogP contribution in [0.15, 0.2) is 365 Å². The second kappa shape index (κ2) is 28.1. The van der Waals surface area contributed by atoms with E-state index in [1.165, 1.54) is 164 Å². The highest BCUT2D eigenvalue weighted by molar-refractivity contribution is 6.26. The van der Waals surface area contributed by atoms with Gasteiger partial charge in [-0.25, -0.2) is 0 Å². The van der Waals surface area contributed by atoms with Crippen molar-refractivity contribution in [3.63, 3.8) is 0 Å². The van der Waals surface area contributed by atoms with E-state index in [9.17, 15) is 0 Å². The van der Waals surface area contributed by atoms with Gasteiger partial charge in [0, 0.05) is 154 Å². The van der Waals surface area contributed by atoms with E-state index >= 15 is 0 Å². The van der Waals surface area contributed by atoms with E-state index in [4.69, 9.17) is 15.0 Å². The van der Waals surface area contributed by atoms with Crippen molar-refractivity contribution in [3.8, 4) is 66.8 Å². The molecule has 9 nitrogen and oxygen atoms in total. The first-order chi connectivity index (χ1) is 58.4. The largest absolute Gasteiger partial charge is 0.344 e. The van der Waals surface area contributed by atoms with E-state index in [0.717, 1.165) is 65.4 Å². The molecule has 564 valence electrons. The normalized spacial score (nSPS) is 12.0. The quantitative estimate of drug-likeness (QED) is 0.148. The minimum Gasteiger partial charge on any atom is -0.344 e. The molecule has 0 saturated carbocycles. The lowest BCUT2D eigenvalue weighted by molar-refractivity contribution is 0.423. The monoisotopic (exact) mass is 1530 g/mol. The summed E-state index contributed by atoms with van der Waals surface area (Å²) in [5.74, 6) is 0. The first-order valence-corrected chi connectivity index (χ1v) is 40.9. The molecule has 24 rings (SSSR count). The second-order valence-corrected chi connectivity index (χ2v) is 32.7. The summed E-state index contributed by atoms with van der Waals surface area (Å²) in [4.78, 5) is 28.1. The van der Waals surface area contributed by atoms with Crippen LogP contribution in [0.1, 0.15) is 40.7 Å². The van der Waals surface area contributed by atoms with Crippen LogP contribution < -0.4 is 0 Å². The molecule has 6 aromatic heterocycles. The molecule has 18 aromatic carbocycles. The fourth-order valence-electron chi connectivity index (χ4n) is 19.0. The molecule has 24 aromatic rings. The zero-order valence-corrected chi connectivity index (χ0v) is 66.7. The summed E-state index contributed by atoms with van der Waals surface area (Å²) in [5, 5.41) is 21.8. The standard InChI is InChI=1S/C38H29N3.C37H27N3.C35H23N3/c1-38(2,3)41-34-14-7-6-12-29(34)33-23-27(16-18-35(33)41)25-10-8-9-24(21-25)26-15-17-31-32(22-26)28-11-4-5-13-30(28)36-37(31)40-20-19-39-36;1-23(2)40-34-13-6-5-11-29(34)33-22-27(15-17-35(33)40)25-9-7-8-24(20-25)26-14-16-31-32(21-26)28-10-3-4-12-30(28)36-37(31)39-19-18-38-36;1-38-32-12-5-4-10-27(32)31-21-25(14-16-33(31)38)23-8-6-7-22(19-23)24-13-15-29-30(20-24)26-9-2-3-11-28(26)34-35(29)37-18-17-36-34/h4-23H,1-3H3;3-23H,1-2H3;2-21H,1H3. The fraction of sp³-hybridized carbons (Fsp3) is 0.0727. The minimum absolute atomic E-state index is 0.0139. The number of rotatable bonds is 7. The van der Waals surface area contributed by atoms with Crippen molar-refractivity contribution >= 4 is 163 Å². The fourth-order valence-corrected chi connectivity index (χ4v) is 19.0. The number of para-hydroxylation sites is 3. The van der Waals surface area contributed by atoms with Gasteiger partial charge in [0.2, 0.25) is 0 Å². The van der Waals surface area contributed by atoms with Crippen LogP contribution >= 0.6 is 0 Å². The van der Waals surface area contributed by atoms with Gasteiger partial charge in [0.1, 0.15) is 0 Å². The van der Waals surface area contributed by atoms with Crippen LogP contribution in [0.5, 0.6) is 0 Å². The van der Waals surface area contributed by atoms with Crippen molar-refractivity contribution in [1.29, 1.82) is 0 Å². The number of hydrogen-bond donors (Lipinski definition) is 0. The van der Waals surface area contributed by atoms with Gasteiger partial charge in [-0.1, -0.05) is 237 Å². The summed E-state index contributed by atoms with van der Waals surface area (Å²) in [6.07, 6.45) is 10.7. The molecule has 119 heavy (non-hydrogen) atoms. The van der Waals surface area contributed by atoms with E-state index in [0.29, 0.717) is 6.04 Å². The van der Waals surface area contributed by atoms with Crippen LogP contribution in [-0.4, -0.2) is 43.6 Å². The summed E-state index contributed by atoms with van der Waals surface area (Å²) < 4.78 is 7.18. The van der Waals surface area contributed by atoms with Crippen LogP contribution in [0, 0.1) is 0 Å². The number of nitrogens with zero attached hydrogens (tertiary/aromatic N) is 9. The second-order valence-electron chi connectivity index (χ2n) is 32.7. The number of benzene rings is 18. The summed E-state index contributed by atoms with van der Waals surface area (Å²) in [6.45, 7) is 11.3. The third-order valence-corrected chi connectivity index (χ3v) is 24.4. The molecule has 6 heterocycles. The molecule has 0 bridgehead atoms. The van der Waals surface area contributed by atoms with Crippen LogP contribution in [0.4, 0.5) is 0 Å². The van der Waals surface area contributed by atoms with Gasteiger partial charge in [0.05, 0.1) is 33.1 Å². The van der Waals surface area contributed by atoms with E-state index < -0.39 is 0 Å². The predicted molar refractivity (Wildman–Crippen MR) is 502 cm³/mol. The summed E-state index contributed by atoms with van der Waals surface area (Å²) >= 11 is 0. The molecular weight excluding hydrogens is 1450 g/mol. The average molecular weight is 1530 g/mol. The molecular formula is C110H79N9. The summed E-state index contributed by atoms with van der Waals surface area (Å²) in [6, 6.07) is 119. The number of aryl methyl sites for hydroxylation is 1. The summed E-state index contributed by atoms with van der Waals surface area (Å²) in [7, 11) is 2.14. The van der Waals surface area contributed by atoms with Gasteiger partial charge in [0.15, 0.2) is 0 Å². The number of hydrogen-bond acceptors (Lipinski definition) is 6. The Morgan fingerprint density at radius 3 is 0.790 bits per heavy atom. The lowest BCUT2D eigenvalue weighted by atomic mass is 9.94. The van der Waals surface area contributed by atoms with Crippen LogP contribution in [0.2, 0.25) is 0 Å². The third kappa shape index (κ3) is 11.8. The smallest absolute Gasteiger partial charge is 0.0971 e. The zero-order valence-electron chi connectivity index (χ0n) is 66.7. The third-order valence-electron chi connectivity index (χ3n) is 24.4. The Hall–Kier alpha value is -15.1. The molecule has 0 atom stereocenters. The van der Waals surface area contributed by atoms with Crippen molar-refractivity contribution in [2.24, 2.45) is 7.05 Å². The van der Waals surface area contributed by atoms with Gasteiger partial charge in [-0.2, -0.15) is 0 Å². The Balaban J connectivity index is 0.000000107. The maximum Gasteiger partial charge on any atom is 0.0971 e. The highest BCUT2D eigenvalue weighted by atomic mass is 15.0. The number of aromatic nitrogens is 9. The van der Waals surface area contributed by atoms with Gasteiger partial charge < -0.3 is 13.7 Å². The predicted octanol–water partition coefficient (Wildman–Crippen LogP) is 29.0. The molecule has 0 spiro atoms. The summed E-state index contributed by atoms with van der Waals surface area (Å²) in [5.41, 5.74) is 27.8. The van der Waals surface area contributed by atoms with Gasteiger partial charge in [-0.05, 0) is 225 Å². The molecule has 0 saturated heterocycles. The molecule has 0 amide bonds. The van der Waals surface area contributed by atoms with E-state index in [-0.39, 0.29) is 5.54 Å². The first-order valence-electron chi connectivity index (χ1n) is 40.9. The minimum atomic E-state index is -0.0139. The molecule has 0 N–H and O–H groups in total. The van der Waals surface area contributed by atoms with Crippen molar-refractivity contribution in [1.82, 2.24) is 43.6 Å². The van der Waals surface area contributed by atoms with Gasteiger partial charge >= 0.3 is 0 Å². The number of fused-ring (bicyclic) bond motifs is 27. The molecule has 0 unspecified atom stereocenters. The van der Waals surface area contributed by atoms with Crippen LogP contribution in [0.3, 0.4) is 0 Å². The maximum atomic E-state index is 4.71. The topological polar surface area (TPSA) is 92.1 Å². The molecule has 0 radical (unpaired) electrons. The van der Waals surface area contributed by atoms with Crippen molar-refractivity contribution in [2.45, 2.75) is 46.2 Å². The van der Waals surface area contributed by atoms with E-state index in [2.05, 4.69) is 398 Å². The van der Waals surface area contributed by atoms with Gasteiger partial charge in [-0.15, -0.1) is 0 Å². The maximum absolute atomic E-state index is 4.71. The first kappa shape index (κ1) is 70.6. The Kier molecular flexibility index (Phi) is 16.7. The van der Waals surface area contributed by atoms with E-state index in [1.807, 2.05) is 0 Å². The Morgan fingerprint density at radius 1 is 0.202 bits per heavy atom. The molecule has 9 heteroatoms. The van der Waals surface area contributed by atoms with Crippen LogP contribution in [-0.2, 0) is 12.6 Å². The van der Waals surface area contributed by atoms with Gasteiger partial charge in [-0.3, -0.25) is 29.9 Å². The van der Waals surface area contributed by atoms with Crippen LogP contribution in [0.25, 0.3) is 230 Å². The average Bonchev–Trinajstić information content (AvgIpc) is 1.30. The van der Waals surface area contributed by atoms with Gasteiger partial charge in [0.25, 0.3) is 0 Å². The molecule has 0 fully saturated rings. The Bertz CT molecular complexity index is 8190. The molecule has 0 aliphatic rings. The Morgan fingerprint density at radius 2 is 0.429 bits per heavy atom. The lowest BCUT2D eigenvalue weighted by Crippen LogP contribution is -2.21. The van der Waals surface area contributed by atoms with Crippen molar-refractivity contribution in [2.75, 3.05) is 0 Å². The van der Waals surface area contributed by atoms with Crippen molar-refractivity contribution in [3.05, 3.63) is 365 Å². The van der Waals surface area contributed by atoms with E-state index in [1.54, 1.807) is 37.2 Å². The highest BCUT2D eigenvalue weighted by Crippen LogP contribution is 2.44. The molecule has 0 aliphatic carbocycles. The highest BCUT2D eigenvalue weighted by Gasteiger charge is 2.23. The molecule has 0 aliphatic heterocycles. The SMILES string of the molecule is CC(C)(C)n1c2ccccc2c2cc(-c3cccc(-c4ccc5c(c4)c4ccccc4c4nccnc54)c3)ccc21.CC(C)n1c2ccccc2c2cc(-c3cccc(-c4ccc5c(c4)c4ccccc4c4nccnc54)c3)ccc21.Cn1c2ccccc2c2cc(-c3cccc(-c4ccc5c(c4)c4ccccc4c4nccnc54)c3)ccc21. The zero-order chi connectivity index (χ0) is 79.7. The van der Waals surface area contributed by atoms with Crippen molar-refractivity contribution < 1.29 is 0 Å². The Labute approximate surface area is 687 Å².